The number of nitrogens with zero attached hydrogens (tertiary/aromatic N) is 2. The molecule has 0 aliphatic heterocycles. The van der Waals surface area contributed by atoms with Gasteiger partial charge in [0.25, 0.3) is 0 Å². The Balaban J connectivity index is 2.14. The Hall–Kier alpha value is -1.70. The summed E-state index contributed by atoms with van der Waals surface area (Å²) in [6, 6.07) is 10.3. The van der Waals surface area contributed by atoms with Crippen LogP contribution in [0.4, 0.5) is 8.78 Å². The van der Waals surface area contributed by atoms with Crippen LogP contribution in [0.2, 0.25) is 0 Å². The minimum atomic E-state index is -2.95. The van der Waals surface area contributed by atoms with Crippen molar-refractivity contribution in [1.82, 2.24) is 9.55 Å². The molecule has 1 aromatic heterocycles. The van der Waals surface area contributed by atoms with Gasteiger partial charge in [0.15, 0.2) is 0 Å². The summed E-state index contributed by atoms with van der Waals surface area (Å²) in [6.07, 6.45) is 0. The van der Waals surface area contributed by atoms with Gasteiger partial charge in [-0.3, -0.25) is 0 Å². The molecule has 0 saturated carbocycles. The zero-order valence-corrected chi connectivity index (χ0v) is 15.3. The van der Waals surface area contributed by atoms with E-state index in [1.807, 2.05) is 22.8 Å². The van der Waals surface area contributed by atoms with E-state index in [-0.39, 0.29) is 24.8 Å². The van der Waals surface area contributed by atoms with E-state index in [9.17, 15) is 13.9 Å². The van der Waals surface area contributed by atoms with Crippen LogP contribution >= 0.6 is 27.5 Å². The molecule has 2 aromatic carbocycles. The molecule has 8 heteroatoms. The van der Waals surface area contributed by atoms with Gasteiger partial charge in [0, 0.05) is 10.0 Å². The van der Waals surface area contributed by atoms with E-state index in [0.717, 1.165) is 15.5 Å². The Kier molecular flexibility index (Phi) is 5.56. The van der Waals surface area contributed by atoms with E-state index in [4.69, 9.17) is 11.6 Å². The van der Waals surface area contributed by atoms with Gasteiger partial charge >= 0.3 is 6.61 Å². The molecule has 0 saturated heterocycles. The van der Waals surface area contributed by atoms with E-state index in [1.54, 1.807) is 12.1 Å². The second-order valence-corrected chi connectivity index (χ2v) is 6.49. The van der Waals surface area contributed by atoms with Crippen LogP contribution < -0.4 is 4.74 Å². The summed E-state index contributed by atoms with van der Waals surface area (Å²) < 4.78 is 32.8. The molecule has 0 unspecified atom stereocenters. The summed E-state index contributed by atoms with van der Waals surface area (Å²) in [6.45, 7) is -3.04. The maximum atomic E-state index is 12.7. The number of halogens is 4. The van der Waals surface area contributed by atoms with Crippen molar-refractivity contribution in [3.05, 3.63) is 57.8 Å². The highest BCUT2D eigenvalue weighted by Crippen LogP contribution is 2.29. The number of benzene rings is 2. The maximum Gasteiger partial charge on any atom is 0.387 e. The van der Waals surface area contributed by atoms with Crippen LogP contribution in [0.25, 0.3) is 11.0 Å². The van der Waals surface area contributed by atoms with Crippen molar-refractivity contribution >= 4 is 38.6 Å². The number of fused-ring (bicyclic) bond motifs is 1. The fourth-order valence-corrected chi connectivity index (χ4v) is 3.28. The van der Waals surface area contributed by atoms with Crippen LogP contribution in [-0.4, -0.2) is 21.3 Å². The first-order valence-corrected chi connectivity index (χ1v) is 8.73. The molecule has 3 aromatic rings. The zero-order valence-electron chi connectivity index (χ0n) is 12.9. The SMILES string of the molecule is OCc1cccc(OC(F)F)c1Cn1c(CCl)nc2ccc(Br)cc21. The highest BCUT2D eigenvalue weighted by atomic mass is 79.9. The molecule has 0 radical (unpaired) electrons. The topological polar surface area (TPSA) is 47.3 Å². The minimum absolute atomic E-state index is 0.0268. The third kappa shape index (κ3) is 3.78. The molecule has 3 rings (SSSR count). The lowest BCUT2D eigenvalue weighted by Crippen LogP contribution is -2.11. The highest BCUT2D eigenvalue weighted by molar-refractivity contribution is 9.10. The van der Waals surface area contributed by atoms with Crippen molar-refractivity contribution in [2.75, 3.05) is 0 Å². The van der Waals surface area contributed by atoms with Crippen molar-refractivity contribution in [3.63, 3.8) is 0 Å². The number of aromatic nitrogens is 2. The summed E-state index contributed by atoms with van der Waals surface area (Å²) in [4.78, 5) is 4.47. The van der Waals surface area contributed by atoms with Crippen LogP contribution in [0, 0.1) is 0 Å². The Labute approximate surface area is 156 Å². The number of ether oxygens (including phenoxy) is 1. The number of hydrogen-bond acceptors (Lipinski definition) is 3. The fraction of sp³-hybridized carbons (Fsp3) is 0.235. The van der Waals surface area contributed by atoms with Crippen LogP contribution in [-0.2, 0) is 19.0 Å². The molecule has 0 bridgehead atoms. The lowest BCUT2D eigenvalue weighted by atomic mass is 10.1. The van der Waals surface area contributed by atoms with Crippen LogP contribution in [0.5, 0.6) is 5.75 Å². The van der Waals surface area contributed by atoms with Gasteiger partial charge in [-0.1, -0.05) is 28.1 Å². The number of aliphatic hydroxyl groups excluding tert-OH is 1. The molecular formula is C17H14BrClF2N2O2. The van der Waals surface area contributed by atoms with E-state index in [1.165, 1.54) is 6.07 Å². The van der Waals surface area contributed by atoms with Gasteiger partial charge in [-0.2, -0.15) is 8.78 Å². The number of hydrogen-bond donors (Lipinski definition) is 1. The van der Waals surface area contributed by atoms with Crippen molar-refractivity contribution in [2.45, 2.75) is 25.6 Å². The number of aliphatic hydroxyl groups is 1. The predicted octanol–water partition coefficient (Wildman–Crippen LogP) is 4.68. The van der Waals surface area contributed by atoms with E-state index in [2.05, 4.69) is 25.7 Å². The van der Waals surface area contributed by atoms with Gasteiger partial charge in [-0.25, -0.2) is 4.98 Å². The normalized spacial score (nSPS) is 11.4. The lowest BCUT2D eigenvalue weighted by molar-refractivity contribution is -0.0505. The van der Waals surface area contributed by atoms with Gasteiger partial charge in [0.05, 0.1) is 30.1 Å². The van der Waals surface area contributed by atoms with Crippen LogP contribution in [0.15, 0.2) is 40.9 Å². The van der Waals surface area contributed by atoms with Gasteiger partial charge < -0.3 is 14.4 Å². The quantitative estimate of drug-likeness (QED) is 0.577. The molecule has 1 heterocycles. The molecule has 0 fully saturated rings. The van der Waals surface area contributed by atoms with Gasteiger partial charge in [0.2, 0.25) is 0 Å². The molecule has 0 atom stereocenters. The Morgan fingerprint density at radius 3 is 2.76 bits per heavy atom. The van der Waals surface area contributed by atoms with Crippen LogP contribution in [0.1, 0.15) is 17.0 Å². The van der Waals surface area contributed by atoms with Crippen molar-refractivity contribution < 1.29 is 18.6 Å². The maximum absolute atomic E-state index is 12.7. The average molecular weight is 432 g/mol. The second kappa shape index (κ2) is 7.68. The first kappa shape index (κ1) is 18.1. The van der Waals surface area contributed by atoms with Crippen LogP contribution in [0.3, 0.4) is 0 Å². The smallest absolute Gasteiger partial charge is 0.387 e. The van der Waals surface area contributed by atoms with Gasteiger partial charge in [0.1, 0.15) is 11.6 Å². The minimum Gasteiger partial charge on any atom is -0.434 e. The summed E-state index contributed by atoms with van der Waals surface area (Å²) >= 11 is 9.43. The predicted molar refractivity (Wildman–Crippen MR) is 95.1 cm³/mol. The molecule has 0 spiro atoms. The lowest BCUT2D eigenvalue weighted by Gasteiger charge is -2.16. The van der Waals surface area contributed by atoms with E-state index in [0.29, 0.717) is 17.0 Å². The number of rotatable bonds is 6. The van der Waals surface area contributed by atoms with Crippen molar-refractivity contribution in [2.24, 2.45) is 0 Å². The van der Waals surface area contributed by atoms with Crippen molar-refractivity contribution in [1.29, 1.82) is 0 Å². The zero-order chi connectivity index (χ0) is 18.0. The van der Waals surface area contributed by atoms with Gasteiger partial charge in [-0.15, -0.1) is 11.6 Å². The summed E-state index contributed by atoms with van der Waals surface area (Å²) in [7, 11) is 0. The molecule has 4 nitrogen and oxygen atoms in total. The molecular weight excluding hydrogens is 418 g/mol. The fourth-order valence-electron chi connectivity index (χ4n) is 2.73. The molecule has 132 valence electrons. The number of imidazole rings is 1. The molecule has 1 N–H and O–H groups in total. The third-order valence-electron chi connectivity index (χ3n) is 3.84. The van der Waals surface area contributed by atoms with E-state index >= 15 is 0 Å². The third-order valence-corrected chi connectivity index (χ3v) is 4.57. The average Bonchev–Trinajstić information content (AvgIpc) is 2.93. The Morgan fingerprint density at radius 1 is 1.28 bits per heavy atom. The molecule has 25 heavy (non-hydrogen) atoms. The molecule has 0 aliphatic carbocycles. The second-order valence-electron chi connectivity index (χ2n) is 5.31. The summed E-state index contributed by atoms with van der Waals surface area (Å²) in [5, 5.41) is 9.59. The Bertz CT molecular complexity index is 902. The first-order valence-electron chi connectivity index (χ1n) is 7.40. The Morgan fingerprint density at radius 2 is 2.08 bits per heavy atom. The largest absolute Gasteiger partial charge is 0.434 e. The molecule has 0 amide bonds. The van der Waals surface area contributed by atoms with Gasteiger partial charge in [-0.05, 0) is 29.8 Å². The standard InChI is InChI=1S/C17H14BrClF2N2O2/c18-11-4-5-13-14(6-11)23(16(7-19)22-13)8-12-10(9-24)2-1-3-15(12)25-17(20)21/h1-6,17,24H,7-9H2. The highest BCUT2D eigenvalue weighted by Gasteiger charge is 2.17. The monoisotopic (exact) mass is 430 g/mol. The van der Waals surface area contributed by atoms with E-state index < -0.39 is 6.61 Å². The van der Waals surface area contributed by atoms with Crippen molar-refractivity contribution in [3.8, 4) is 5.75 Å². The molecule has 0 aliphatic rings. The number of alkyl halides is 3. The summed E-state index contributed by atoms with van der Waals surface area (Å²) in [5.74, 6) is 0.794. The first-order chi connectivity index (χ1) is 12.0. The summed E-state index contributed by atoms with van der Waals surface area (Å²) in [5.41, 5.74) is 2.53.